The Kier molecular flexibility index (Phi) is 5.23. The number of para-hydroxylation sites is 1. The first kappa shape index (κ1) is 16.2. The number of aromatic hydroxyl groups is 1. The maximum atomic E-state index is 9.52. The molecule has 0 fully saturated rings. The fourth-order valence-electron chi connectivity index (χ4n) is 2.32. The predicted molar refractivity (Wildman–Crippen MR) is 99.7 cm³/mol. The summed E-state index contributed by atoms with van der Waals surface area (Å²) in [6, 6.07) is 17.3. The molecule has 1 aromatic heterocycles. The summed E-state index contributed by atoms with van der Waals surface area (Å²) >= 11 is 1.55. The SMILES string of the molecule is CCC/C=N/N=c1/scc(-c2ccc(O)cc2)n1-c1ccccc1. The number of benzene rings is 2. The predicted octanol–water partition coefficient (Wildman–Crippen LogP) is 4.60. The highest BCUT2D eigenvalue weighted by atomic mass is 32.1. The zero-order valence-corrected chi connectivity index (χ0v) is 14.3. The first-order valence-electron chi connectivity index (χ1n) is 7.90. The molecule has 4 nitrogen and oxygen atoms in total. The quantitative estimate of drug-likeness (QED) is 0.537. The summed E-state index contributed by atoms with van der Waals surface area (Å²) < 4.78 is 2.08. The molecule has 5 heteroatoms. The van der Waals surface area contributed by atoms with Crippen LogP contribution in [0.1, 0.15) is 19.8 Å². The summed E-state index contributed by atoms with van der Waals surface area (Å²) in [5, 5.41) is 20.2. The zero-order chi connectivity index (χ0) is 16.8. The third-order valence-electron chi connectivity index (χ3n) is 3.53. The number of hydrogen-bond acceptors (Lipinski definition) is 4. The van der Waals surface area contributed by atoms with Crippen LogP contribution in [0.2, 0.25) is 0 Å². The molecule has 122 valence electrons. The molecule has 0 amide bonds. The molecule has 0 atom stereocenters. The molecule has 0 saturated heterocycles. The highest BCUT2D eigenvalue weighted by Gasteiger charge is 2.09. The lowest BCUT2D eigenvalue weighted by molar-refractivity contribution is 0.475. The number of unbranched alkanes of at least 4 members (excludes halogenated alkanes) is 1. The average Bonchev–Trinajstić information content (AvgIpc) is 3.04. The molecular weight excluding hydrogens is 318 g/mol. The summed E-state index contributed by atoms with van der Waals surface area (Å²) in [6.45, 7) is 2.12. The Balaban J connectivity index is 2.13. The molecule has 0 aliphatic rings. The first-order chi connectivity index (χ1) is 11.8. The Hall–Kier alpha value is -2.66. The first-order valence-corrected chi connectivity index (χ1v) is 8.78. The van der Waals surface area contributed by atoms with Gasteiger partial charge in [-0.05, 0) is 48.4 Å². The van der Waals surface area contributed by atoms with Crippen molar-refractivity contribution in [1.29, 1.82) is 0 Å². The van der Waals surface area contributed by atoms with Crippen LogP contribution in [0.5, 0.6) is 5.75 Å². The minimum Gasteiger partial charge on any atom is -0.508 e. The van der Waals surface area contributed by atoms with Gasteiger partial charge in [0.25, 0.3) is 0 Å². The largest absolute Gasteiger partial charge is 0.508 e. The molecule has 0 bridgehead atoms. The standard InChI is InChI=1S/C19H19N3OS/c1-2-3-13-20-21-19-22(16-7-5-4-6-8-16)18(14-24-19)15-9-11-17(23)12-10-15/h4-14,23H,2-3H2,1H3/b20-13+,21-19+. The third-order valence-corrected chi connectivity index (χ3v) is 4.34. The van der Waals surface area contributed by atoms with E-state index in [1.165, 1.54) is 0 Å². The second-order valence-corrected chi connectivity index (χ2v) is 6.14. The second kappa shape index (κ2) is 7.75. The summed E-state index contributed by atoms with van der Waals surface area (Å²) in [4.78, 5) is 0.816. The lowest BCUT2D eigenvalue weighted by Gasteiger charge is -2.09. The normalized spacial score (nSPS) is 12.1. The van der Waals surface area contributed by atoms with Gasteiger partial charge in [0.05, 0.1) is 5.69 Å². The van der Waals surface area contributed by atoms with Crippen molar-refractivity contribution in [2.75, 3.05) is 0 Å². The Labute approximate surface area is 145 Å². The van der Waals surface area contributed by atoms with Crippen LogP contribution in [0, 0.1) is 0 Å². The number of phenolic OH excluding ortho intramolecular Hbond substituents is 1. The number of phenols is 1. The molecule has 3 aromatic rings. The Morgan fingerprint density at radius 1 is 1.08 bits per heavy atom. The van der Waals surface area contributed by atoms with Crippen molar-refractivity contribution in [3.05, 3.63) is 64.8 Å². The molecule has 3 rings (SSSR count). The van der Waals surface area contributed by atoms with Crippen LogP contribution in [0.25, 0.3) is 16.9 Å². The minimum absolute atomic E-state index is 0.259. The molecule has 2 aromatic carbocycles. The van der Waals surface area contributed by atoms with Gasteiger partial charge in [-0.25, -0.2) is 0 Å². The van der Waals surface area contributed by atoms with Crippen LogP contribution in [-0.2, 0) is 0 Å². The van der Waals surface area contributed by atoms with Gasteiger partial charge in [-0.3, -0.25) is 4.57 Å². The highest BCUT2D eigenvalue weighted by Crippen LogP contribution is 2.25. The third kappa shape index (κ3) is 3.63. The molecule has 0 radical (unpaired) electrons. The van der Waals surface area contributed by atoms with Gasteiger partial charge >= 0.3 is 0 Å². The van der Waals surface area contributed by atoms with Crippen molar-refractivity contribution in [3.8, 4) is 22.7 Å². The summed E-state index contributed by atoms with van der Waals surface area (Å²) in [5.41, 5.74) is 3.08. The van der Waals surface area contributed by atoms with E-state index in [0.717, 1.165) is 34.6 Å². The van der Waals surface area contributed by atoms with Crippen molar-refractivity contribution in [1.82, 2.24) is 4.57 Å². The summed E-state index contributed by atoms with van der Waals surface area (Å²) in [6.07, 6.45) is 3.82. The molecule has 0 saturated carbocycles. The van der Waals surface area contributed by atoms with Crippen molar-refractivity contribution >= 4 is 17.6 Å². The molecule has 0 aliphatic heterocycles. The lowest BCUT2D eigenvalue weighted by atomic mass is 10.1. The van der Waals surface area contributed by atoms with E-state index in [4.69, 9.17) is 0 Å². The van der Waals surface area contributed by atoms with Gasteiger partial charge in [0.1, 0.15) is 5.75 Å². The van der Waals surface area contributed by atoms with Gasteiger partial charge in [0.2, 0.25) is 4.80 Å². The van der Waals surface area contributed by atoms with E-state index >= 15 is 0 Å². The van der Waals surface area contributed by atoms with E-state index in [2.05, 4.69) is 27.1 Å². The number of aromatic nitrogens is 1. The minimum atomic E-state index is 0.259. The Morgan fingerprint density at radius 2 is 1.83 bits per heavy atom. The smallest absolute Gasteiger partial charge is 0.215 e. The zero-order valence-electron chi connectivity index (χ0n) is 13.5. The van der Waals surface area contributed by atoms with Gasteiger partial charge in [0, 0.05) is 17.3 Å². The van der Waals surface area contributed by atoms with Crippen molar-refractivity contribution < 1.29 is 5.11 Å². The number of hydrogen-bond donors (Lipinski definition) is 1. The fourth-order valence-corrected chi connectivity index (χ4v) is 3.18. The Morgan fingerprint density at radius 3 is 2.54 bits per heavy atom. The molecule has 1 heterocycles. The molecule has 1 N–H and O–H groups in total. The highest BCUT2D eigenvalue weighted by molar-refractivity contribution is 7.07. The van der Waals surface area contributed by atoms with E-state index in [1.807, 2.05) is 48.7 Å². The van der Waals surface area contributed by atoms with Crippen LogP contribution in [0.4, 0.5) is 0 Å². The Bertz CT molecular complexity index is 877. The van der Waals surface area contributed by atoms with Crippen LogP contribution >= 0.6 is 11.3 Å². The summed E-state index contributed by atoms with van der Waals surface area (Å²) in [5.74, 6) is 0.259. The maximum absolute atomic E-state index is 9.52. The summed E-state index contributed by atoms with van der Waals surface area (Å²) in [7, 11) is 0. The molecule has 24 heavy (non-hydrogen) atoms. The fraction of sp³-hybridized carbons (Fsp3) is 0.158. The van der Waals surface area contributed by atoms with Crippen LogP contribution in [0.15, 0.2) is 70.2 Å². The van der Waals surface area contributed by atoms with Gasteiger partial charge < -0.3 is 5.11 Å². The van der Waals surface area contributed by atoms with E-state index in [1.54, 1.807) is 23.5 Å². The van der Waals surface area contributed by atoms with Gasteiger partial charge in [0.15, 0.2) is 0 Å². The second-order valence-electron chi connectivity index (χ2n) is 5.31. The molecule has 0 spiro atoms. The monoisotopic (exact) mass is 337 g/mol. The van der Waals surface area contributed by atoms with Crippen LogP contribution in [-0.4, -0.2) is 15.9 Å². The molecule has 0 unspecified atom stereocenters. The van der Waals surface area contributed by atoms with E-state index in [9.17, 15) is 5.11 Å². The van der Waals surface area contributed by atoms with Crippen molar-refractivity contribution in [3.63, 3.8) is 0 Å². The van der Waals surface area contributed by atoms with Gasteiger partial charge in [-0.1, -0.05) is 31.5 Å². The topological polar surface area (TPSA) is 49.9 Å². The van der Waals surface area contributed by atoms with Gasteiger partial charge in [-0.15, -0.1) is 16.4 Å². The van der Waals surface area contributed by atoms with Crippen molar-refractivity contribution in [2.24, 2.45) is 10.2 Å². The average molecular weight is 337 g/mol. The number of rotatable bonds is 5. The van der Waals surface area contributed by atoms with Gasteiger partial charge in [-0.2, -0.15) is 5.10 Å². The van der Waals surface area contributed by atoms with E-state index in [0.29, 0.717) is 0 Å². The van der Waals surface area contributed by atoms with Crippen LogP contribution < -0.4 is 4.80 Å². The van der Waals surface area contributed by atoms with E-state index < -0.39 is 0 Å². The lowest BCUT2D eigenvalue weighted by Crippen LogP contribution is -2.13. The van der Waals surface area contributed by atoms with E-state index in [-0.39, 0.29) is 5.75 Å². The molecule has 0 aliphatic carbocycles. The number of thiazole rings is 1. The molecular formula is C19H19N3OS. The van der Waals surface area contributed by atoms with Crippen molar-refractivity contribution in [2.45, 2.75) is 19.8 Å². The number of nitrogens with zero attached hydrogens (tertiary/aromatic N) is 3. The maximum Gasteiger partial charge on any atom is 0.215 e. The van der Waals surface area contributed by atoms with Crippen LogP contribution in [0.3, 0.4) is 0 Å².